The van der Waals surface area contributed by atoms with Crippen molar-refractivity contribution in [2.24, 2.45) is 5.92 Å². The lowest BCUT2D eigenvalue weighted by molar-refractivity contribution is -0.146. The zero-order valence-corrected chi connectivity index (χ0v) is 27.6. The van der Waals surface area contributed by atoms with Gasteiger partial charge >= 0.3 is 12.1 Å². The van der Waals surface area contributed by atoms with E-state index < -0.39 is 47.2 Å². The molecule has 2 aromatic rings. The quantitative estimate of drug-likeness (QED) is 0.322. The average Bonchev–Trinajstić information content (AvgIpc) is 3.84. The molecular formula is C36H45F4N3O5. The molecule has 0 radical (unpaired) electrons. The number of methoxy groups -OCH3 is 2. The lowest BCUT2D eigenvalue weighted by atomic mass is 9.85. The molecule has 0 unspecified atom stereocenters. The number of amides is 1. The van der Waals surface area contributed by atoms with Gasteiger partial charge in [-0.25, -0.2) is 4.39 Å². The van der Waals surface area contributed by atoms with Gasteiger partial charge in [0.15, 0.2) is 0 Å². The minimum Gasteiger partial charge on any atom is -0.497 e. The van der Waals surface area contributed by atoms with Crippen LogP contribution in [-0.4, -0.2) is 98.1 Å². The van der Waals surface area contributed by atoms with Gasteiger partial charge < -0.3 is 24.4 Å². The second kappa shape index (κ2) is 13.9. The summed E-state index contributed by atoms with van der Waals surface area (Å²) in [5.74, 6) is -2.48. The molecule has 262 valence electrons. The van der Waals surface area contributed by atoms with Crippen LogP contribution in [0.5, 0.6) is 5.75 Å². The van der Waals surface area contributed by atoms with Crippen LogP contribution in [0, 0.1) is 5.92 Å². The van der Waals surface area contributed by atoms with Gasteiger partial charge in [-0.15, -0.1) is 0 Å². The zero-order valence-electron chi connectivity index (χ0n) is 27.6. The van der Waals surface area contributed by atoms with E-state index in [1.165, 1.54) is 13.2 Å². The van der Waals surface area contributed by atoms with Crippen LogP contribution in [0.15, 0.2) is 42.5 Å². The highest BCUT2D eigenvalue weighted by Crippen LogP contribution is 2.47. The molecule has 1 saturated carbocycles. The first-order valence-electron chi connectivity index (χ1n) is 17.0. The summed E-state index contributed by atoms with van der Waals surface area (Å²) in [6.45, 7) is 1.31. The Hall–Kier alpha value is -3.38. The third-order valence-corrected chi connectivity index (χ3v) is 11.1. The highest BCUT2D eigenvalue weighted by molar-refractivity contribution is 5.88. The minimum absolute atomic E-state index is 0.0158. The molecule has 1 aliphatic carbocycles. The molecule has 3 heterocycles. The van der Waals surface area contributed by atoms with Gasteiger partial charge in [-0.3, -0.25) is 14.5 Å². The number of aliphatic carboxylic acids is 1. The summed E-state index contributed by atoms with van der Waals surface area (Å²) in [7, 11) is 3.09. The highest BCUT2D eigenvalue weighted by Gasteiger charge is 2.58. The van der Waals surface area contributed by atoms with Gasteiger partial charge in [0.2, 0.25) is 5.67 Å². The van der Waals surface area contributed by atoms with Gasteiger partial charge in [0, 0.05) is 63.4 Å². The van der Waals surface area contributed by atoms with E-state index in [9.17, 15) is 27.9 Å². The average molecular weight is 676 g/mol. The van der Waals surface area contributed by atoms with Crippen LogP contribution in [0.3, 0.4) is 0 Å². The SMILES string of the molecule is COC[C@@H]1C[C@@H](c2ccc(C(F)(F)F)cc2N2CCC(C(=O)O)CC2)CN1C(=O)[C@@]1(F)CN(C2CCCC2)C[C@@H]1c1ccc(OC)cc1. The van der Waals surface area contributed by atoms with Crippen LogP contribution in [0.4, 0.5) is 23.2 Å². The number of carboxylic acid groups (broad SMARTS) is 1. The number of ether oxygens (including phenoxy) is 2. The molecule has 0 aromatic heterocycles. The second-order valence-corrected chi connectivity index (χ2v) is 13.9. The van der Waals surface area contributed by atoms with E-state index in [1.54, 1.807) is 24.1 Å². The fraction of sp³-hybridized carbons (Fsp3) is 0.611. The van der Waals surface area contributed by atoms with Crippen LogP contribution in [0.1, 0.15) is 73.5 Å². The van der Waals surface area contributed by atoms with Crippen LogP contribution in [0.2, 0.25) is 0 Å². The third kappa shape index (κ3) is 6.75. The standard InChI is InChI=1S/C36H45F4N3O5/c1-47-21-28-17-25(30-12-9-26(36(38,39)40)18-32(30)41-15-13-24(14-16-41)33(44)45)19-43(28)34(46)35(37)22-42(27-5-3-4-6-27)20-31(35)23-7-10-29(48-2)11-8-23/h7-12,18,24-25,27-28,31H,3-6,13-17,19-22H2,1-2H3,(H,44,45)/t25-,28+,31-,35-/m1/s1. The molecule has 0 spiro atoms. The Balaban J connectivity index is 1.31. The van der Waals surface area contributed by atoms with Gasteiger partial charge in [0.05, 0.1) is 31.2 Å². The Morgan fingerprint density at radius 3 is 2.27 bits per heavy atom. The van der Waals surface area contributed by atoms with Crippen molar-refractivity contribution < 1.29 is 41.7 Å². The van der Waals surface area contributed by atoms with Gasteiger partial charge in [0.25, 0.3) is 5.91 Å². The highest BCUT2D eigenvalue weighted by atomic mass is 19.4. The van der Waals surface area contributed by atoms with E-state index in [2.05, 4.69) is 4.90 Å². The molecule has 1 amide bonds. The Morgan fingerprint density at radius 1 is 0.979 bits per heavy atom. The summed E-state index contributed by atoms with van der Waals surface area (Å²) in [4.78, 5) is 31.7. The maximum Gasteiger partial charge on any atom is 0.416 e. The van der Waals surface area contributed by atoms with E-state index in [0.717, 1.165) is 43.4 Å². The molecular weight excluding hydrogens is 630 g/mol. The largest absolute Gasteiger partial charge is 0.497 e. The third-order valence-electron chi connectivity index (χ3n) is 11.1. The van der Waals surface area contributed by atoms with Gasteiger partial charge in [-0.2, -0.15) is 13.2 Å². The van der Waals surface area contributed by atoms with E-state index in [-0.39, 0.29) is 31.7 Å². The summed E-state index contributed by atoms with van der Waals surface area (Å²) < 4.78 is 70.2. The molecule has 48 heavy (non-hydrogen) atoms. The van der Waals surface area contributed by atoms with Gasteiger partial charge in [-0.1, -0.05) is 31.0 Å². The van der Waals surface area contributed by atoms with Crippen LogP contribution >= 0.6 is 0 Å². The zero-order chi connectivity index (χ0) is 34.2. The molecule has 12 heteroatoms. The number of carbonyl (C=O) groups is 2. The molecule has 1 N–H and O–H groups in total. The molecule has 8 nitrogen and oxygen atoms in total. The minimum atomic E-state index is -4.56. The summed E-state index contributed by atoms with van der Waals surface area (Å²) in [5.41, 5.74) is -1.24. The van der Waals surface area contributed by atoms with Crippen molar-refractivity contribution in [2.75, 3.05) is 58.5 Å². The summed E-state index contributed by atoms with van der Waals surface area (Å²) in [5, 5.41) is 9.48. The number of rotatable bonds is 9. The van der Waals surface area contributed by atoms with E-state index in [1.807, 2.05) is 17.0 Å². The first-order valence-corrected chi connectivity index (χ1v) is 17.0. The molecule has 6 rings (SSSR count). The maximum absolute atomic E-state index is 17.7. The first kappa shape index (κ1) is 34.5. The van der Waals surface area contributed by atoms with Crippen molar-refractivity contribution in [3.05, 3.63) is 59.2 Å². The predicted octanol–water partition coefficient (Wildman–Crippen LogP) is 6.10. The Labute approximate surface area is 279 Å². The molecule has 4 atom stereocenters. The Kier molecular flexibility index (Phi) is 9.95. The normalized spacial score (nSPS) is 27.6. The van der Waals surface area contributed by atoms with Crippen molar-refractivity contribution in [3.8, 4) is 5.75 Å². The lowest BCUT2D eigenvalue weighted by Crippen LogP contribution is -2.53. The molecule has 4 fully saturated rings. The van der Waals surface area contributed by atoms with Crippen LogP contribution in [-0.2, 0) is 20.5 Å². The number of benzene rings is 2. The van der Waals surface area contributed by atoms with E-state index in [4.69, 9.17) is 9.47 Å². The number of anilines is 1. The first-order chi connectivity index (χ1) is 22.9. The van der Waals surface area contributed by atoms with Crippen molar-refractivity contribution in [1.29, 1.82) is 0 Å². The number of hydrogen-bond donors (Lipinski definition) is 1. The second-order valence-electron chi connectivity index (χ2n) is 13.9. The summed E-state index contributed by atoms with van der Waals surface area (Å²) in [6, 6.07) is 10.6. The molecule has 3 saturated heterocycles. The fourth-order valence-corrected chi connectivity index (χ4v) is 8.51. The number of halogens is 4. The van der Waals surface area contributed by atoms with Crippen LogP contribution < -0.4 is 9.64 Å². The summed E-state index contributed by atoms with van der Waals surface area (Å²) in [6.07, 6.45) is 0.578. The lowest BCUT2D eigenvalue weighted by Gasteiger charge is -2.35. The van der Waals surface area contributed by atoms with Gasteiger partial charge in [-0.05, 0) is 67.5 Å². The number of hydrogen-bond acceptors (Lipinski definition) is 6. The molecule has 0 bridgehead atoms. The smallest absolute Gasteiger partial charge is 0.416 e. The van der Waals surface area contributed by atoms with Crippen molar-refractivity contribution >= 4 is 17.6 Å². The summed E-state index contributed by atoms with van der Waals surface area (Å²) >= 11 is 0. The number of carboxylic acids is 1. The van der Waals surface area contributed by atoms with Gasteiger partial charge in [0.1, 0.15) is 5.75 Å². The number of piperidine rings is 1. The number of carbonyl (C=O) groups excluding carboxylic acids is 1. The van der Waals surface area contributed by atoms with Crippen molar-refractivity contribution in [2.45, 2.75) is 80.7 Å². The van der Waals surface area contributed by atoms with Crippen molar-refractivity contribution in [1.82, 2.24) is 9.80 Å². The predicted molar refractivity (Wildman–Crippen MR) is 172 cm³/mol. The Bertz CT molecular complexity index is 1460. The number of nitrogens with zero attached hydrogens (tertiary/aromatic N) is 3. The molecule has 3 aliphatic heterocycles. The topological polar surface area (TPSA) is 82.5 Å². The number of alkyl halides is 4. The van der Waals surface area contributed by atoms with Crippen LogP contribution in [0.25, 0.3) is 0 Å². The Morgan fingerprint density at radius 2 is 1.67 bits per heavy atom. The maximum atomic E-state index is 17.7. The monoisotopic (exact) mass is 675 g/mol. The fourth-order valence-electron chi connectivity index (χ4n) is 8.51. The van der Waals surface area contributed by atoms with E-state index >= 15 is 4.39 Å². The van der Waals surface area contributed by atoms with E-state index in [0.29, 0.717) is 55.9 Å². The van der Waals surface area contributed by atoms with Crippen molar-refractivity contribution in [3.63, 3.8) is 0 Å². The molecule has 2 aromatic carbocycles. The number of likely N-dealkylation sites (tertiary alicyclic amines) is 2. The molecule has 4 aliphatic rings.